The van der Waals surface area contributed by atoms with E-state index in [1.54, 1.807) is 12.4 Å². The van der Waals surface area contributed by atoms with Crippen molar-refractivity contribution < 1.29 is 0 Å². The summed E-state index contributed by atoms with van der Waals surface area (Å²) in [6, 6.07) is 13.5. The van der Waals surface area contributed by atoms with Crippen molar-refractivity contribution in [1.29, 1.82) is 0 Å². The van der Waals surface area contributed by atoms with Crippen LogP contribution in [0.15, 0.2) is 54.9 Å². The summed E-state index contributed by atoms with van der Waals surface area (Å²) >= 11 is 6.00. The average Bonchev–Trinajstić information content (AvgIpc) is 2.53. The molecule has 110 valence electrons. The minimum absolute atomic E-state index is 0.660. The topological polar surface area (TPSA) is 50.7 Å². The summed E-state index contributed by atoms with van der Waals surface area (Å²) in [6.45, 7) is 2.61. The fourth-order valence-electron chi connectivity index (χ4n) is 2.13. The van der Waals surface area contributed by atoms with Crippen LogP contribution in [0.1, 0.15) is 11.3 Å². The number of nitrogens with zero attached hydrogens (tertiary/aromatic N) is 3. The van der Waals surface area contributed by atoms with E-state index in [2.05, 4.69) is 20.3 Å². The number of rotatable bonds is 4. The Labute approximate surface area is 134 Å². The SMILES string of the molecule is Cc1cc(NCc2cccc(Cl)c2)nc(-c2ccncc2)n1. The van der Waals surface area contributed by atoms with E-state index in [-0.39, 0.29) is 0 Å². The fourth-order valence-corrected chi connectivity index (χ4v) is 2.34. The molecule has 2 aromatic heterocycles. The molecule has 0 unspecified atom stereocenters. The maximum absolute atomic E-state index is 6.00. The molecule has 0 spiro atoms. The molecule has 0 fully saturated rings. The number of hydrogen-bond acceptors (Lipinski definition) is 4. The first-order valence-corrected chi connectivity index (χ1v) is 7.33. The van der Waals surface area contributed by atoms with Crippen LogP contribution in [0.4, 0.5) is 5.82 Å². The Morgan fingerprint density at radius 3 is 2.64 bits per heavy atom. The third-order valence-corrected chi connectivity index (χ3v) is 3.39. The predicted octanol–water partition coefficient (Wildman–Crippen LogP) is 4.11. The molecule has 1 N–H and O–H groups in total. The second kappa shape index (κ2) is 6.54. The van der Waals surface area contributed by atoms with Gasteiger partial charge in [-0.1, -0.05) is 23.7 Å². The summed E-state index contributed by atoms with van der Waals surface area (Å²) in [5.74, 6) is 1.48. The van der Waals surface area contributed by atoms with E-state index in [1.165, 1.54) is 0 Å². The standard InChI is InChI=1S/C17H15ClN4/c1-12-9-16(20-11-13-3-2-4-15(18)10-13)22-17(21-12)14-5-7-19-8-6-14/h2-10H,11H2,1H3,(H,20,21,22). The lowest BCUT2D eigenvalue weighted by Crippen LogP contribution is -2.04. The van der Waals surface area contributed by atoms with E-state index in [1.807, 2.05) is 49.4 Å². The third kappa shape index (κ3) is 3.59. The van der Waals surface area contributed by atoms with Crippen LogP contribution in [-0.4, -0.2) is 15.0 Å². The molecule has 4 nitrogen and oxygen atoms in total. The van der Waals surface area contributed by atoms with Crippen LogP contribution in [0.25, 0.3) is 11.4 Å². The van der Waals surface area contributed by atoms with Crippen LogP contribution >= 0.6 is 11.6 Å². The van der Waals surface area contributed by atoms with Gasteiger partial charge >= 0.3 is 0 Å². The number of aryl methyl sites for hydroxylation is 1. The number of halogens is 1. The normalized spacial score (nSPS) is 10.5. The van der Waals surface area contributed by atoms with E-state index >= 15 is 0 Å². The van der Waals surface area contributed by atoms with Crippen molar-refractivity contribution in [2.45, 2.75) is 13.5 Å². The van der Waals surface area contributed by atoms with E-state index in [0.717, 1.165) is 27.7 Å². The van der Waals surface area contributed by atoms with Crippen LogP contribution in [0.5, 0.6) is 0 Å². The third-order valence-electron chi connectivity index (χ3n) is 3.16. The minimum Gasteiger partial charge on any atom is -0.366 e. The highest BCUT2D eigenvalue weighted by Gasteiger charge is 2.05. The highest BCUT2D eigenvalue weighted by molar-refractivity contribution is 6.30. The maximum atomic E-state index is 6.00. The van der Waals surface area contributed by atoms with Gasteiger partial charge in [0.2, 0.25) is 0 Å². The van der Waals surface area contributed by atoms with Crippen molar-refractivity contribution in [3.63, 3.8) is 0 Å². The van der Waals surface area contributed by atoms with Crippen molar-refractivity contribution in [1.82, 2.24) is 15.0 Å². The Bertz CT molecular complexity index is 775. The Balaban J connectivity index is 1.81. The number of nitrogens with one attached hydrogen (secondary N) is 1. The van der Waals surface area contributed by atoms with Crippen LogP contribution in [0, 0.1) is 6.92 Å². The molecule has 0 radical (unpaired) electrons. The highest BCUT2D eigenvalue weighted by atomic mass is 35.5. The predicted molar refractivity (Wildman–Crippen MR) is 88.8 cm³/mol. The van der Waals surface area contributed by atoms with Gasteiger partial charge in [-0.3, -0.25) is 4.98 Å². The molecular formula is C17H15ClN4. The zero-order valence-electron chi connectivity index (χ0n) is 12.1. The number of pyridine rings is 1. The first-order chi connectivity index (χ1) is 10.7. The Morgan fingerprint density at radius 1 is 1.05 bits per heavy atom. The summed E-state index contributed by atoms with van der Waals surface area (Å²) in [5.41, 5.74) is 2.97. The van der Waals surface area contributed by atoms with Crippen molar-refractivity contribution in [2.24, 2.45) is 0 Å². The molecule has 5 heteroatoms. The van der Waals surface area contributed by atoms with Crippen molar-refractivity contribution in [3.05, 3.63) is 71.1 Å². The summed E-state index contributed by atoms with van der Waals surface area (Å²) in [5, 5.41) is 4.05. The molecule has 0 saturated carbocycles. The first-order valence-electron chi connectivity index (χ1n) is 6.95. The maximum Gasteiger partial charge on any atom is 0.161 e. The minimum atomic E-state index is 0.660. The first kappa shape index (κ1) is 14.5. The molecule has 1 aromatic carbocycles. The van der Waals surface area contributed by atoms with Gasteiger partial charge in [0.15, 0.2) is 5.82 Å². The quantitative estimate of drug-likeness (QED) is 0.788. The molecule has 0 aliphatic heterocycles. The summed E-state index contributed by atoms with van der Waals surface area (Å²) in [7, 11) is 0. The lowest BCUT2D eigenvalue weighted by molar-refractivity contribution is 1.06. The number of aromatic nitrogens is 3. The Morgan fingerprint density at radius 2 is 1.86 bits per heavy atom. The van der Waals surface area contributed by atoms with E-state index < -0.39 is 0 Å². The van der Waals surface area contributed by atoms with E-state index in [0.29, 0.717) is 12.4 Å². The lowest BCUT2D eigenvalue weighted by Gasteiger charge is -2.09. The van der Waals surface area contributed by atoms with Crippen molar-refractivity contribution in [3.8, 4) is 11.4 Å². The molecular weight excluding hydrogens is 296 g/mol. The van der Waals surface area contributed by atoms with Gasteiger partial charge in [-0.25, -0.2) is 9.97 Å². The van der Waals surface area contributed by atoms with Crippen molar-refractivity contribution >= 4 is 17.4 Å². The molecule has 0 atom stereocenters. The van der Waals surface area contributed by atoms with Crippen LogP contribution in [-0.2, 0) is 6.54 Å². The molecule has 0 aliphatic rings. The largest absolute Gasteiger partial charge is 0.366 e. The smallest absolute Gasteiger partial charge is 0.161 e. The molecule has 3 rings (SSSR count). The van der Waals surface area contributed by atoms with Crippen molar-refractivity contribution in [2.75, 3.05) is 5.32 Å². The van der Waals surface area contributed by atoms with Crippen LogP contribution in [0.2, 0.25) is 5.02 Å². The lowest BCUT2D eigenvalue weighted by atomic mass is 10.2. The summed E-state index contributed by atoms with van der Waals surface area (Å²) in [6.07, 6.45) is 3.47. The van der Waals surface area contributed by atoms with Gasteiger partial charge in [0.1, 0.15) is 5.82 Å². The number of benzene rings is 1. The van der Waals surface area contributed by atoms with Gasteiger partial charge in [0.05, 0.1) is 0 Å². The molecule has 0 amide bonds. The monoisotopic (exact) mass is 310 g/mol. The number of hydrogen-bond donors (Lipinski definition) is 1. The molecule has 3 aromatic rings. The molecule has 0 aliphatic carbocycles. The molecule has 2 heterocycles. The van der Waals surface area contributed by atoms with Gasteiger partial charge in [-0.05, 0) is 36.8 Å². The summed E-state index contributed by atoms with van der Waals surface area (Å²) < 4.78 is 0. The number of anilines is 1. The van der Waals surface area contributed by atoms with Crippen LogP contribution < -0.4 is 5.32 Å². The Kier molecular flexibility index (Phi) is 4.30. The second-order valence-electron chi connectivity index (χ2n) is 4.94. The molecule has 0 saturated heterocycles. The van der Waals surface area contributed by atoms with E-state index in [4.69, 9.17) is 11.6 Å². The second-order valence-corrected chi connectivity index (χ2v) is 5.37. The fraction of sp³-hybridized carbons (Fsp3) is 0.118. The highest BCUT2D eigenvalue weighted by Crippen LogP contribution is 2.18. The Hall–Kier alpha value is -2.46. The van der Waals surface area contributed by atoms with Gasteiger partial charge < -0.3 is 5.32 Å². The molecule has 0 bridgehead atoms. The van der Waals surface area contributed by atoms with Gasteiger partial charge in [0, 0.05) is 41.3 Å². The van der Waals surface area contributed by atoms with Gasteiger partial charge in [0.25, 0.3) is 0 Å². The van der Waals surface area contributed by atoms with E-state index in [9.17, 15) is 0 Å². The zero-order chi connectivity index (χ0) is 15.4. The summed E-state index contributed by atoms with van der Waals surface area (Å²) in [4.78, 5) is 13.0. The molecule has 22 heavy (non-hydrogen) atoms. The average molecular weight is 311 g/mol. The van der Waals surface area contributed by atoms with Crippen LogP contribution in [0.3, 0.4) is 0 Å². The van der Waals surface area contributed by atoms with Gasteiger partial charge in [-0.15, -0.1) is 0 Å². The van der Waals surface area contributed by atoms with Gasteiger partial charge in [-0.2, -0.15) is 0 Å². The zero-order valence-corrected chi connectivity index (χ0v) is 12.9.